The van der Waals surface area contributed by atoms with Gasteiger partial charge < -0.3 is 0 Å². The van der Waals surface area contributed by atoms with E-state index in [0.29, 0.717) is 5.92 Å². The zero-order valence-corrected chi connectivity index (χ0v) is 11.3. The maximum Gasteiger partial charge on any atom is 0.0226 e. The highest BCUT2D eigenvalue weighted by Gasteiger charge is 2.20. The van der Waals surface area contributed by atoms with E-state index < -0.39 is 0 Å². The lowest BCUT2D eigenvalue weighted by Gasteiger charge is -2.16. The molecule has 1 aromatic rings. The molecule has 1 aromatic carbocycles. The minimum Gasteiger partial charge on any atom is -0.274 e. The lowest BCUT2D eigenvalue weighted by molar-refractivity contribution is 0.465. The first-order valence-corrected chi connectivity index (χ1v) is 7.20. The summed E-state index contributed by atoms with van der Waals surface area (Å²) < 4.78 is 0. The zero-order chi connectivity index (χ0) is 12.3. The third kappa shape index (κ3) is 3.36. The Morgan fingerprint density at radius 2 is 2.12 bits per heavy atom. The molecule has 0 amide bonds. The first-order valence-electron chi connectivity index (χ1n) is 6.32. The predicted molar refractivity (Wildman–Crippen MR) is 76.0 cm³/mol. The molecule has 17 heavy (non-hydrogen) atoms. The Bertz CT molecular complexity index is 382. The fraction of sp³-hybridized carbons (Fsp3) is 0.467. The molecule has 0 bridgehead atoms. The molecule has 2 heteroatoms. The third-order valence-corrected chi connectivity index (χ3v) is 4.30. The van der Waals surface area contributed by atoms with Crippen LogP contribution in [0.3, 0.4) is 0 Å². The van der Waals surface area contributed by atoms with Gasteiger partial charge in [-0.25, -0.2) is 0 Å². The van der Waals surface area contributed by atoms with E-state index in [2.05, 4.69) is 37.8 Å². The van der Waals surface area contributed by atoms with Gasteiger partial charge in [0, 0.05) is 4.90 Å². The maximum absolute atomic E-state index is 5.53. The average molecular weight is 247 g/mol. The molecule has 1 nitrogen and oxygen atoms in total. The second-order valence-electron chi connectivity index (χ2n) is 5.18. The van der Waals surface area contributed by atoms with Crippen LogP contribution in [0.2, 0.25) is 0 Å². The summed E-state index contributed by atoms with van der Waals surface area (Å²) in [5.74, 6) is 1.49. The van der Waals surface area contributed by atoms with Crippen molar-refractivity contribution < 1.29 is 0 Å². The molecule has 1 aliphatic rings. The summed E-state index contributed by atoms with van der Waals surface area (Å²) >= 11 is 1.31. The largest absolute Gasteiger partial charge is 0.274 e. The molecule has 0 aliphatic heterocycles. The van der Waals surface area contributed by atoms with Crippen LogP contribution in [0.4, 0.5) is 0 Å². The second kappa shape index (κ2) is 5.74. The van der Waals surface area contributed by atoms with Crippen molar-refractivity contribution >= 4 is 11.9 Å². The van der Waals surface area contributed by atoms with Crippen molar-refractivity contribution in [3.05, 3.63) is 42.0 Å². The lowest BCUT2D eigenvalue weighted by Crippen LogP contribution is -2.01. The zero-order valence-electron chi connectivity index (χ0n) is 10.5. The lowest BCUT2D eigenvalue weighted by atomic mass is 9.89. The molecule has 0 aromatic heterocycles. The van der Waals surface area contributed by atoms with Gasteiger partial charge in [-0.15, -0.1) is 0 Å². The molecule has 1 saturated carbocycles. The van der Waals surface area contributed by atoms with E-state index in [1.807, 2.05) is 0 Å². The van der Waals surface area contributed by atoms with Crippen LogP contribution in [0.15, 0.2) is 41.3 Å². The molecule has 0 heterocycles. The topological polar surface area (TPSA) is 26.0 Å². The fourth-order valence-electron chi connectivity index (χ4n) is 2.73. The molecule has 1 aliphatic carbocycles. The predicted octanol–water partition coefficient (Wildman–Crippen LogP) is 4.50. The maximum atomic E-state index is 5.53. The second-order valence-corrected chi connectivity index (χ2v) is 5.89. The number of nitrogens with two attached hydrogens (primary N) is 1. The van der Waals surface area contributed by atoms with Gasteiger partial charge in [0.2, 0.25) is 0 Å². The molecule has 0 radical (unpaired) electrons. The first kappa shape index (κ1) is 12.7. The summed E-state index contributed by atoms with van der Waals surface area (Å²) in [6.07, 6.45) is 5.09. The van der Waals surface area contributed by atoms with E-state index in [1.54, 1.807) is 0 Å². The Morgan fingerprint density at radius 1 is 1.41 bits per heavy atom. The number of benzene rings is 1. The van der Waals surface area contributed by atoms with Crippen LogP contribution in [-0.4, -0.2) is 0 Å². The van der Waals surface area contributed by atoms with Crippen molar-refractivity contribution in [3.8, 4) is 0 Å². The molecule has 2 unspecified atom stereocenters. The highest BCUT2D eigenvalue weighted by molar-refractivity contribution is 7.97. The Kier molecular flexibility index (Phi) is 4.30. The number of allylic oxidation sites excluding steroid dienone is 1. The molecule has 2 rings (SSSR count). The minimum absolute atomic E-state index is 0.641. The Balaban J connectivity index is 1.94. The molecule has 1 fully saturated rings. The van der Waals surface area contributed by atoms with Crippen LogP contribution in [-0.2, 0) is 0 Å². The molecule has 0 spiro atoms. The van der Waals surface area contributed by atoms with Gasteiger partial charge in [0.25, 0.3) is 0 Å². The van der Waals surface area contributed by atoms with Gasteiger partial charge in [0.15, 0.2) is 0 Å². The standard InChI is InChI=1S/C15H21NS/c1-11-3-4-13(9-11)10-12(2)14-5-7-15(17-16)8-6-14/h5-8,12-13H,1,3-4,9-10,16H2,2H3. The van der Waals surface area contributed by atoms with Gasteiger partial charge in [-0.05, 0) is 67.2 Å². The van der Waals surface area contributed by atoms with Crippen molar-refractivity contribution in [2.24, 2.45) is 11.1 Å². The van der Waals surface area contributed by atoms with Crippen LogP contribution in [0.25, 0.3) is 0 Å². The van der Waals surface area contributed by atoms with Crippen molar-refractivity contribution in [1.82, 2.24) is 0 Å². The number of rotatable bonds is 4. The van der Waals surface area contributed by atoms with E-state index in [4.69, 9.17) is 5.14 Å². The highest BCUT2D eigenvalue weighted by atomic mass is 32.2. The third-order valence-electron chi connectivity index (χ3n) is 3.76. The van der Waals surface area contributed by atoms with Crippen molar-refractivity contribution in [2.75, 3.05) is 0 Å². The van der Waals surface area contributed by atoms with E-state index in [0.717, 1.165) is 10.8 Å². The summed E-state index contributed by atoms with van der Waals surface area (Å²) in [4.78, 5) is 1.13. The Labute approximate surface area is 109 Å². The summed E-state index contributed by atoms with van der Waals surface area (Å²) in [7, 11) is 0. The summed E-state index contributed by atoms with van der Waals surface area (Å²) in [6, 6.07) is 8.65. The Morgan fingerprint density at radius 3 is 2.65 bits per heavy atom. The van der Waals surface area contributed by atoms with Crippen LogP contribution in [0, 0.1) is 5.92 Å². The van der Waals surface area contributed by atoms with Crippen LogP contribution < -0.4 is 5.14 Å². The summed E-state index contributed by atoms with van der Waals surface area (Å²) in [5, 5.41) is 5.53. The van der Waals surface area contributed by atoms with Gasteiger partial charge in [0.1, 0.15) is 0 Å². The fourth-order valence-corrected chi connectivity index (χ4v) is 3.03. The van der Waals surface area contributed by atoms with Gasteiger partial charge in [-0.1, -0.05) is 31.2 Å². The SMILES string of the molecule is C=C1CCC(CC(C)c2ccc(SN)cc2)C1. The van der Waals surface area contributed by atoms with Crippen molar-refractivity contribution in [1.29, 1.82) is 0 Å². The van der Waals surface area contributed by atoms with E-state index in [9.17, 15) is 0 Å². The van der Waals surface area contributed by atoms with Crippen LogP contribution in [0.1, 0.15) is 44.1 Å². The van der Waals surface area contributed by atoms with Crippen LogP contribution >= 0.6 is 11.9 Å². The van der Waals surface area contributed by atoms with Gasteiger partial charge in [-0.3, -0.25) is 5.14 Å². The van der Waals surface area contributed by atoms with Crippen LogP contribution in [0.5, 0.6) is 0 Å². The molecule has 0 saturated heterocycles. The van der Waals surface area contributed by atoms with E-state index in [1.165, 1.54) is 48.8 Å². The monoisotopic (exact) mass is 247 g/mol. The van der Waals surface area contributed by atoms with Crippen molar-refractivity contribution in [3.63, 3.8) is 0 Å². The molecule has 92 valence electrons. The summed E-state index contributed by atoms with van der Waals surface area (Å²) in [6.45, 7) is 6.42. The normalized spacial score (nSPS) is 21.8. The van der Waals surface area contributed by atoms with Crippen molar-refractivity contribution in [2.45, 2.75) is 43.4 Å². The van der Waals surface area contributed by atoms with Gasteiger partial charge >= 0.3 is 0 Å². The minimum atomic E-state index is 0.641. The highest BCUT2D eigenvalue weighted by Crippen LogP contribution is 2.36. The van der Waals surface area contributed by atoms with E-state index in [-0.39, 0.29) is 0 Å². The molecule has 2 N–H and O–H groups in total. The smallest absolute Gasteiger partial charge is 0.0226 e. The van der Waals surface area contributed by atoms with Gasteiger partial charge in [-0.2, -0.15) is 0 Å². The number of hydrogen-bond donors (Lipinski definition) is 1. The number of hydrogen-bond acceptors (Lipinski definition) is 2. The van der Waals surface area contributed by atoms with Gasteiger partial charge in [0.05, 0.1) is 0 Å². The molecular weight excluding hydrogens is 226 g/mol. The molecule has 2 atom stereocenters. The first-order chi connectivity index (χ1) is 8.19. The quantitative estimate of drug-likeness (QED) is 0.626. The Hall–Kier alpha value is -0.730. The summed E-state index contributed by atoms with van der Waals surface area (Å²) in [5.41, 5.74) is 2.87. The van der Waals surface area contributed by atoms with E-state index >= 15 is 0 Å². The molecular formula is C15H21NS. The average Bonchev–Trinajstić information content (AvgIpc) is 2.75.